The number of hydrogen-bond acceptors (Lipinski definition) is 4. The summed E-state index contributed by atoms with van der Waals surface area (Å²) in [6.45, 7) is 0.119. The van der Waals surface area contributed by atoms with Gasteiger partial charge in [0.25, 0.3) is 5.56 Å². The third-order valence-corrected chi connectivity index (χ3v) is 6.93. The number of hydrogen-bond donors (Lipinski definition) is 0. The van der Waals surface area contributed by atoms with Crippen molar-refractivity contribution in [2.75, 3.05) is 0 Å². The number of benzene rings is 3. The van der Waals surface area contributed by atoms with Gasteiger partial charge in [0.1, 0.15) is 18.2 Å². The Hall–Kier alpha value is -3.22. The standard InChI is InChI=1S/C28H24Cl2FN3O2/c29-23-14-19(15-24(30)26(23)36-17-18-7-6-10-21(31)13-18)16-32-34-27(20-8-2-1-3-9-20)33-25-12-5-4-11-22(25)28(34)35/h4-7,10-16,20H,1-3,8-9,17H2. The minimum absolute atomic E-state index is 0.119. The van der Waals surface area contributed by atoms with Crippen molar-refractivity contribution in [3.8, 4) is 5.75 Å². The molecule has 1 fully saturated rings. The minimum atomic E-state index is -0.342. The molecule has 36 heavy (non-hydrogen) atoms. The van der Waals surface area contributed by atoms with Crippen molar-refractivity contribution in [2.24, 2.45) is 5.10 Å². The molecular weight excluding hydrogens is 500 g/mol. The van der Waals surface area contributed by atoms with Crippen LogP contribution in [0, 0.1) is 5.82 Å². The number of fused-ring (bicyclic) bond motifs is 1. The van der Waals surface area contributed by atoms with Gasteiger partial charge < -0.3 is 4.74 Å². The van der Waals surface area contributed by atoms with Crippen LogP contribution in [0.15, 0.2) is 70.6 Å². The predicted molar refractivity (Wildman–Crippen MR) is 142 cm³/mol. The first kappa shape index (κ1) is 24.5. The number of rotatable bonds is 6. The Morgan fingerprint density at radius 3 is 2.53 bits per heavy atom. The van der Waals surface area contributed by atoms with Crippen molar-refractivity contribution < 1.29 is 9.13 Å². The summed E-state index contributed by atoms with van der Waals surface area (Å²) < 4.78 is 20.6. The smallest absolute Gasteiger partial charge is 0.282 e. The fourth-order valence-corrected chi connectivity index (χ4v) is 5.19. The average molecular weight is 524 g/mol. The Kier molecular flexibility index (Phi) is 7.35. The summed E-state index contributed by atoms with van der Waals surface area (Å²) in [5, 5.41) is 5.63. The van der Waals surface area contributed by atoms with Gasteiger partial charge in [-0.05, 0) is 60.4 Å². The molecule has 0 bridgehead atoms. The molecule has 1 aliphatic carbocycles. The zero-order valence-electron chi connectivity index (χ0n) is 19.5. The second-order valence-corrected chi connectivity index (χ2v) is 9.73. The first-order valence-corrected chi connectivity index (χ1v) is 12.7. The van der Waals surface area contributed by atoms with Gasteiger partial charge in [0, 0.05) is 5.92 Å². The second kappa shape index (κ2) is 10.8. The molecule has 3 aromatic carbocycles. The van der Waals surface area contributed by atoms with Gasteiger partial charge in [-0.2, -0.15) is 9.78 Å². The van der Waals surface area contributed by atoms with Crippen LogP contribution < -0.4 is 10.3 Å². The van der Waals surface area contributed by atoms with E-state index in [4.69, 9.17) is 32.9 Å². The Bertz CT molecular complexity index is 1470. The van der Waals surface area contributed by atoms with E-state index in [0.717, 1.165) is 25.7 Å². The molecule has 0 N–H and O–H groups in total. The molecule has 0 aliphatic heterocycles. The van der Waals surface area contributed by atoms with Crippen LogP contribution in [0.4, 0.5) is 4.39 Å². The molecule has 0 atom stereocenters. The Morgan fingerprint density at radius 2 is 1.78 bits per heavy atom. The predicted octanol–water partition coefficient (Wildman–Crippen LogP) is 7.35. The van der Waals surface area contributed by atoms with Crippen LogP contribution in [0.3, 0.4) is 0 Å². The zero-order valence-corrected chi connectivity index (χ0v) is 21.0. The first-order valence-electron chi connectivity index (χ1n) is 11.9. The van der Waals surface area contributed by atoms with Crippen molar-refractivity contribution in [2.45, 2.75) is 44.6 Å². The van der Waals surface area contributed by atoms with E-state index in [9.17, 15) is 9.18 Å². The second-order valence-electron chi connectivity index (χ2n) is 8.92. The number of ether oxygens (including phenoxy) is 1. The van der Waals surface area contributed by atoms with Crippen LogP contribution in [0.1, 0.15) is 55.0 Å². The van der Waals surface area contributed by atoms with Gasteiger partial charge in [0.05, 0.1) is 27.2 Å². The molecule has 0 spiro atoms. The Labute approximate surface area is 218 Å². The van der Waals surface area contributed by atoms with Gasteiger partial charge in [0.15, 0.2) is 5.75 Å². The lowest BCUT2D eigenvalue weighted by atomic mass is 9.88. The maximum absolute atomic E-state index is 13.4. The van der Waals surface area contributed by atoms with Gasteiger partial charge in [-0.1, -0.05) is 66.7 Å². The molecule has 1 aromatic heterocycles. The molecule has 0 radical (unpaired) electrons. The Morgan fingerprint density at radius 1 is 1.03 bits per heavy atom. The third-order valence-electron chi connectivity index (χ3n) is 6.36. The quantitative estimate of drug-likeness (QED) is 0.248. The monoisotopic (exact) mass is 523 g/mol. The molecule has 5 rings (SSSR count). The van der Waals surface area contributed by atoms with Gasteiger partial charge in [0.2, 0.25) is 0 Å². The van der Waals surface area contributed by atoms with E-state index in [1.807, 2.05) is 18.2 Å². The van der Waals surface area contributed by atoms with E-state index >= 15 is 0 Å². The fraction of sp³-hybridized carbons (Fsp3) is 0.250. The maximum Gasteiger partial charge on any atom is 0.282 e. The highest BCUT2D eigenvalue weighted by molar-refractivity contribution is 6.37. The maximum atomic E-state index is 13.4. The highest BCUT2D eigenvalue weighted by Gasteiger charge is 2.22. The van der Waals surface area contributed by atoms with Crippen LogP contribution in [0.2, 0.25) is 10.0 Å². The summed E-state index contributed by atoms with van der Waals surface area (Å²) in [4.78, 5) is 18.2. The molecule has 0 unspecified atom stereocenters. The molecule has 4 aromatic rings. The Balaban J connectivity index is 1.46. The van der Waals surface area contributed by atoms with E-state index in [1.165, 1.54) is 23.2 Å². The fourth-order valence-electron chi connectivity index (χ4n) is 4.58. The van der Waals surface area contributed by atoms with Crippen molar-refractivity contribution in [3.05, 3.63) is 104 Å². The summed E-state index contributed by atoms with van der Waals surface area (Å²) in [5.41, 5.74) is 1.74. The summed E-state index contributed by atoms with van der Waals surface area (Å²) >= 11 is 12.9. The van der Waals surface area contributed by atoms with E-state index in [-0.39, 0.29) is 33.9 Å². The van der Waals surface area contributed by atoms with E-state index in [0.29, 0.717) is 33.6 Å². The SMILES string of the molecule is O=c1c2ccccc2nc(C2CCCCC2)n1N=Cc1cc(Cl)c(OCc2cccc(F)c2)c(Cl)c1. The van der Waals surface area contributed by atoms with Gasteiger partial charge in [-0.3, -0.25) is 4.79 Å². The van der Waals surface area contributed by atoms with Crippen LogP contribution in [-0.4, -0.2) is 15.9 Å². The molecule has 5 nitrogen and oxygen atoms in total. The van der Waals surface area contributed by atoms with Gasteiger partial charge in [-0.15, -0.1) is 0 Å². The molecular formula is C28H24Cl2FN3O2. The van der Waals surface area contributed by atoms with E-state index < -0.39 is 0 Å². The lowest BCUT2D eigenvalue weighted by Crippen LogP contribution is -2.25. The molecule has 1 saturated carbocycles. The van der Waals surface area contributed by atoms with Crippen LogP contribution in [-0.2, 0) is 6.61 Å². The molecule has 0 saturated heterocycles. The minimum Gasteiger partial charge on any atom is -0.486 e. The highest BCUT2D eigenvalue weighted by atomic mass is 35.5. The number of aromatic nitrogens is 2. The molecule has 1 aliphatic rings. The lowest BCUT2D eigenvalue weighted by Gasteiger charge is -2.22. The number of halogens is 3. The van der Waals surface area contributed by atoms with Gasteiger partial charge >= 0.3 is 0 Å². The van der Waals surface area contributed by atoms with Crippen molar-refractivity contribution >= 4 is 40.3 Å². The zero-order chi connectivity index (χ0) is 25.1. The van der Waals surface area contributed by atoms with Crippen molar-refractivity contribution in [1.29, 1.82) is 0 Å². The molecule has 1 heterocycles. The molecule has 8 heteroatoms. The molecule has 0 amide bonds. The topological polar surface area (TPSA) is 56.5 Å². The first-order chi connectivity index (χ1) is 17.5. The molecule has 184 valence electrons. The third kappa shape index (κ3) is 5.30. The van der Waals surface area contributed by atoms with Crippen LogP contribution in [0.5, 0.6) is 5.75 Å². The van der Waals surface area contributed by atoms with Crippen molar-refractivity contribution in [3.63, 3.8) is 0 Å². The summed E-state index contributed by atoms with van der Waals surface area (Å²) in [6.07, 6.45) is 6.93. The number of para-hydroxylation sites is 1. The summed E-state index contributed by atoms with van der Waals surface area (Å²) in [5.74, 6) is 0.818. The highest BCUT2D eigenvalue weighted by Crippen LogP contribution is 2.35. The lowest BCUT2D eigenvalue weighted by molar-refractivity contribution is 0.306. The van der Waals surface area contributed by atoms with E-state index in [2.05, 4.69) is 5.10 Å². The summed E-state index contributed by atoms with van der Waals surface area (Å²) in [6, 6.07) is 16.8. The van der Waals surface area contributed by atoms with E-state index in [1.54, 1.807) is 36.5 Å². The average Bonchev–Trinajstić information content (AvgIpc) is 2.88. The normalized spacial score (nSPS) is 14.5. The van der Waals surface area contributed by atoms with Crippen LogP contribution in [0.25, 0.3) is 10.9 Å². The van der Waals surface area contributed by atoms with Crippen LogP contribution >= 0.6 is 23.2 Å². The largest absolute Gasteiger partial charge is 0.486 e. The van der Waals surface area contributed by atoms with Gasteiger partial charge in [-0.25, -0.2) is 9.37 Å². The van der Waals surface area contributed by atoms with Crippen molar-refractivity contribution in [1.82, 2.24) is 9.66 Å². The summed E-state index contributed by atoms with van der Waals surface area (Å²) in [7, 11) is 0. The number of nitrogens with zero attached hydrogens (tertiary/aromatic N) is 3.